The number of esters is 1. The highest BCUT2D eigenvalue weighted by Gasteiger charge is 2.27. The molecule has 1 aliphatic heterocycles. The van der Waals surface area contributed by atoms with E-state index in [1.54, 1.807) is 0 Å². The van der Waals surface area contributed by atoms with Crippen molar-refractivity contribution in [3.05, 3.63) is 29.8 Å². The van der Waals surface area contributed by atoms with Gasteiger partial charge in [-0.25, -0.2) is 13.2 Å². The lowest BCUT2D eigenvalue weighted by Gasteiger charge is -2.15. The van der Waals surface area contributed by atoms with Gasteiger partial charge in [-0.05, 0) is 37.1 Å². The third-order valence-corrected chi connectivity index (χ3v) is 5.43. The second kappa shape index (κ2) is 7.95. The van der Waals surface area contributed by atoms with E-state index in [-0.39, 0.29) is 17.0 Å². The summed E-state index contributed by atoms with van der Waals surface area (Å²) in [6, 6.07) is 5.46. The van der Waals surface area contributed by atoms with E-state index in [1.165, 1.54) is 28.6 Å². The van der Waals surface area contributed by atoms with Gasteiger partial charge in [0, 0.05) is 13.1 Å². The summed E-state index contributed by atoms with van der Waals surface area (Å²) < 4.78 is 31.0. The number of sulfonamides is 1. The van der Waals surface area contributed by atoms with E-state index in [9.17, 15) is 18.0 Å². The Morgan fingerprint density at radius 1 is 1.21 bits per heavy atom. The first-order valence-corrected chi connectivity index (χ1v) is 8.86. The van der Waals surface area contributed by atoms with Crippen LogP contribution in [0.25, 0.3) is 0 Å². The molecule has 0 radical (unpaired) electrons. The minimum atomic E-state index is -3.52. The van der Waals surface area contributed by atoms with Gasteiger partial charge in [0.15, 0.2) is 6.61 Å². The highest BCUT2D eigenvalue weighted by atomic mass is 32.2. The number of hydrogen-bond acceptors (Lipinski definition) is 5. The van der Waals surface area contributed by atoms with Gasteiger partial charge in [-0.2, -0.15) is 4.31 Å². The molecular formula is C16H18N2O5S. The number of hydrogen-bond donors (Lipinski definition) is 1. The molecule has 0 unspecified atom stereocenters. The maximum atomic E-state index is 12.4. The van der Waals surface area contributed by atoms with Crippen LogP contribution in [-0.4, -0.2) is 50.8 Å². The van der Waals surface area contributed by atoms with Crippen molar-refractivity contribution in [3.63, 3.8) is 0 Å². The fourth-order valence-corrected chi connectivity index (χ4v) is 3.77. The number of nitrogens with one attached hydrogen (secondary N) is 1. The van der Waals surface area contributed by atoms with Crippen LogP contribution in [0, 0.1) is 12.3 Å². The molecule has 128 valence electrons. The van der Waals surface area contributed by atoms with E-state index >= 15 is 0 Å². The molecule has 1 amide bonds. The van der Waals surface area contributed by atoms with Gasteiger partial charge in [0.1, 0.15) is 0 Å². The molecule has 1 heterocycles. The number of nitrogens with zero attached hydrogens (tertiary/aromatic N) is 1. The van der Waals surface area contributed by atoms with Crippen LogP contribution in [0.4, 0.5) is 0 Å². The fourth-order valence-electron chi connectivity index (χ4n) is 2.26. The quantitative estimate of drug-likeness (QED) is 0.591. The first kappa shape index (κ1) is 18.0. The zero-order valence-electron chi connectivity index (χ0n) is 13.0. The van der Waals surface area contributed by atoms with Gasteiger partial charge >= 0.3 is 5.97 Å². The second-order valence-corrected chi connectivity index (χ2v) is 7.13. The van der Waals surface area contributed by atoms with Crippen LogP contribution < -0.4 is 5.32 Å². The Balaban J connectivity index is 1.97. The van der Waals surface area contributed by atoms with Gasteiger partial charge in [0.2, 0.25) is 10.0 Å². The molecule has 0 spiro atoms. The zero-order valence-corrected chi connectivity index (χ0v) is 13.8. The number of carbonyl (C=O) groups is 2. The average molecular weight is 350 g/mol. The summed E-state index contributed by atoms with van der Waals surface area (Å²) in [5, 5.41) is 2.36. The predicted octanol–water partition coefficient (Wildman–Crippen LogP) is 0.377. The van der Waals surface area contributed by atoms with Crippen LogP contribution in [0.1, 0.15) is 23.2 Å². The maximum Gasteiger partial charge on any atom is 0.338 e. The summed E-state index contributed by atoms with van der Waals surface area (Å²) in [5.74, 6) is 1.01. The van der Waals surface area contributed by atoms with Crippen LogP contribution in [-0.2, 0) is 19.6 Å². The highest BCUT2D eigenvalue weighted by Crippen LogP contribution is 2.21. The molecule has 1 fully saturated rings. The summed E-state index contributed by atoms with van der Waals surface area (Å²) in [6.45, 7) is 0.631. The van der Waals surface area contributed by atoms with Crippen molar-refractivity contribution in [1.82, 2.24) is 9.62 Å². The molecule has 1 aromatic carbocycles. The largest absolute Gasteiger partial charge is 0.452 e. The van der Waals surface area contributed by atoms with Crippen molar-refractivity contribution in [2.24, 2.45) is 0 Å². The monoisotopic (exact) mass is 350 g/mol. The van der Waals surface area contributed by atoms with Gasteiger partial charge < -0.3 is 10.1 Å². The van der Waals surface area contributed by atoms with Crippen molar-refractivity contribution in [2.45, 2.75) is 17.7 Å². The van der Waals surface area contributed by atoms with E-state index in [2.05, 4.69) is 11.2 Å². The topological polar surface area (TPSA) is 92.8 Å². The van der Waals surface area contributed by atoms with Crippen LogP contribution >= 0.6 is 0 Å². The minimum Gasteiger partial charge on any atom is -0.452 e. The fraction of sp³-hybridized carbons (Fsp3) is 0.375. The molecule has 0 bridgehead atoms. The van der Waals surface area contributed by atoms with Gasteiger partial charge in [0.05, 0.1) is 17.0 Å². The summed E-state index contributed by atoms with van der Waals surface area (Å²) in [5.41, 5.74) is 0.167. The lowest BCUT2D eigenvalue weighted by atomic mass is 10.2. The molecule has 0 atom stereocenters. The molecule has 1 saturated heterocycles. The third kappa shape index (κ3) is 4.34. The number of benzene rings is 1. The molecule has 7 nitrogen and oxygen atoms in total. The number of amides is 1. The summed E-state index contributed by atoms with van der Waals surface area (Å²) in [7, 11) is -3.52. The minimum absolute atomic E-state index is 0.0550. The first-order chi connectivity index (χ1) is 11.4. The van der Waals surface area contributed by atoms with Gasteiger partial charge in [-0.1, -0.05) is 5.92 Å². The molecule has 1 aromatic rings. The number of terminal acetylenes is 1. The van der Waals surface area contributed by atoms with Gasteiger partial charge in [0.25, 0.3) is 5.91 Å². The molecule has 24 heavy (non-hydrogen) atoms. The first-order valence-electron chi connectivity index (χ1n) is 7.42. The molecule has 0 saturated carbocycles. The molecule has 1 N–H and O–H groups in total. The van der Waals surface area contributed by atoms with E-state index < -0.39 is 28.5 Å². The van der Waals surface area contributed by atoms with Crippen LogP contribution in [0.5, 0.6) is 0 Å². The Morgan fingerprint density at radius 3 is 2.42 bits per heavy atom. The molecule has 0 aromatic heterocycles. The number of carbonyl (C=O) groups excluding carboxylic acids is 2. The Labute approximate surface area is 141 Å². The third-order valence-electron chi connectivity index (χ3n) is 3.51. The zero-order chi connectivity index (χ0) is 17.6. The average Bonchev–Trinajstić information content (AvgIpc) is 3.13. The lowest BCUT2D eigenvalue weighted by Crippen LogP contribution is -2.29. The van der Waals surface area contributed by atoms with E-state index in [4.69, 9.17) is 11.2 Å². The van der Waals surface area contributed by atoms with Crippen molar-refractivity contribution < 1.29 is 22.7 Å². The van der Waals surface area contributed by atoms with Crippen molar-refractivity contribution >= 4 is 21.9 Å². The predicted molar refractivity (Wildman–Crippen MR) is 86.6 cm³/mol. The lowest BCUT2D eigenvalue weighted by molar-refractivity contribution is -0.123. The molecular weight excluding hydrogens is 332 g/mol. The van der Waals surface area contributed by atoms with E-state index in [0.717, 1.165) is 12.8 Å². The highest BCUT2D eigenvalue weighted by molar-refractivity contribution is 7.89. The maximum absolute atomic E-state index is 12.4. The van der Waals surface area contributed by atoms with E-state index in [0.29, 0.717) is 13.1 Å². The van der Waals surface area contributed by atoms with Gasteiger partial charge in [-0.3, -0.25) is 4.79 Å². The Morgan fingerprint density at radius 2 is 1.83 bits per heavy atom. The van der Waals surface area contributed by atoms with Crippen LogP contribution in [0.3, 0.4) is 0 Å². The van der Waals surface area contributed by atoms with Crippen LogP contribution in [0.15, 0.2) is 29.2 Å². The summed E-state index contributed by atoms with van der Waals surface area (Å²) in [6.07, 6.45) is 6.70. The molecule has 2 rings (SSSR count). The second-order valence-electron chi connectivity index (χ2n) is 5.19. The van der Waals surface area contributed by atoms with Crippen LogP contribution in [0.2, 0.25) is 0 Å². The summed E-state index contributed by atoms with van der Waals surface area (Å²) >= 11 is 0. The Bertz CT molecular complexity index is 744. The summed E-state index contributed by atoms with van der Waals surface area (Å²) in [4.78, 5) is 23.3. The smallest absolute Gasteiger partial charge is 0.338 e. The SMILES string of the molecule is C#CCNC(=O)COC(=O)c1ccc(S(=O)(=O)N2CCCC2)cc1. The molecule has 1 aliphatic rings. The Hall–Kier alpha value is -2.37. The normalized spacial score (nSPS) is 14.8. The number of ether oxygens (including phenoxy) is 1. The van der Waals surface area contributed by atoms with Crippen molar-refractivity contribution in [2.75, 3.05) is 26.2 Å². The van der Waals surface area contributed by atoms with Gasteiger partial charge in [-0.15, -0.1) is 6.42 Å². The molecule has 8 heteroatoms. The Kier molecular flexibility index (Phi) is 5.95. The number of rotatable bonds is 6. The standard InChI is InChI=1S/C16H18N2O5S/c1-2-9-17-15(19)12-23-16(20)13-5-7-14(8-6-13)24(21,22)18-10-3-4-11-18/h1,5-8H,3-4,9-12H2,(H,17,19). The van der Waals surface area contributed by atoms with E-state index in [1.807, 2.05) is 0 Å². The molecule has 0 aliphatic carbocycles. The van der Waals surface area contributed by atoms with Crippen molar-refractivity contribution in [1.29, 1.82) is 0 Å². The van der Waals surface area contributed by atoms with Crippen molar-refractivity contribution in [3.8, 4) is 12.3 Å².